The van der Waals surface area contributed by atoms with Gasteiger partial charge in [-0.05, 0) is 43.0 Å². The van der Waals surface area contributed by atoms with Gasteiger partial charge in [-0.2, -0.15) is 0 Å². The van der Waals surface area contributed by atoms with Crippen molar-refractivity contribution in [2.24, 2.45) is 5.92 Å². The molecule has 0 spiro atoms. The van der Waals surface area contributed by atoms with Crippen LogP contribution in [0.25, 0.3) is 0 Å². The summed E-state index contributed by atoms with van der Waals surface area (Å²) in [5, 5.41) is 14.7. The molecule has 2 aromatic rings. The molecule has 0 fully saturated rings. The number of aryl methyl sites for hydroxylation is 1. The monoisotopic (exact) mass is 398 g/mol. The van der Waals surface area contributed by atoms with Crippen molar-refractivity contribution in [3.63, 3.8) is 0 Å². The Balaban J connectivity index is 2.20. The molecule has 2 aromatic carbocycles. The van der Waals surface area contributed by atoms with Gasteiger partial charge < -0.3 is 20.5 Å². The highest BCUT2D eigenvalue weighted by Crippen LogP contribution is 2.23. The lowest BCUT2D eigenvalue weighted by Gasteiger charge is -2.21. The van der Waals surface area contributed by atoms with E-state index in [2.05, 4.69) is 10.6 Å². The van der Waals surface area contributed by atoms with Crippen LogP contribution in [0.3, 0.4) is 0 Å². The van der Waals surface area contributed by atoms with Gasteiger partial charge in [-0.1, -0.05) is 32.0 Å². The predicted octanol–water partition coefficient (Wildman–Crippen LogP) is 3.49. The normalized spacial score (nSPS) is 11.6. The van der Waals surface area contributed by atoms with Crippen molar-refractivity contribution in [3.8, 4) is 5.75 Å². The summed E-state index contributed by atoms with van der Waals surface area (Å²) in [4.78, 5) is 36.7. The second-order valence-electron chi connectivity index (χ2n) is 7.18. The van der Waals surface area contributed by atoms with Crippen molar-refractivity contribution >= 4 is 23.5 Å². The van der Waals surface area contributed by atoms with Crippen molar-refractivity contribution < 1.29 is 24.2 Å². The number of hydrogen-bond donors (Lipinski definition) is 3. The lowest BCUT2D eigenvalue weighted by molar-refractivity contribution is -0.118. The Morgan fingerprint density at radius 1 is 1.07 bits per heavy atom. The first kappa shape index (κ1) is 21.9. The average molecular weight is 398 g/mol. The zero-order chi connectivity index (χ0) is 21.6. The molecule has 0 saturated carbocycles. The van der Waals surface area contributed by atoms with Crippen LogP contribution < -0.4 is 15.4 Å². The summed E-state index contributed by atoms with van der Waals surface area (Å²) < 4.78 is 5.09. The number of methoxy groups -OCH3 is 1. The lowest BCUT2D eigenvalue weighted by atomic mass is 10.0. The smallest absolute Gasteiger partial charge is 0.339 e. The zero-order valence-corrected chi connectivity index (χ0v) is 17.0. The lowest BCUT2D eigenvalue weighted by Crippen LogP contribution is -2.44. The highest BCUT2D eigenvalue weighted by Gasteiger charge is 2.24. The van der Waals surface area contributed by atoms with Crippen LogP contribution in [0.5, 0.6) is 5.75 Å². The third kappa shape index (κ3) is 5.81. The fourth-order valence-corrected chi connectivity index (χ4v) is 2.94. The van der Waals surface area contributed by atoms with Gasteiger partial charge in [0, 0.05) is 17.3 Å². The number of carbonyl (C=O) groups excluding carboxylic acids is 2. The van der Waals surface area contributed by atoms with Crippen molar-refractivity contribution in [1.29, 1.82) is 0 Å². The van der Waals surface area contributed by atoms with Crippen LogP contribution in [-0.2, 0) is 4.79 Å². The Kier molecular flexibility index (Phi) is 7.36. The molecule has 0 heterocycles. The number of benzene rings is 2. The number of carboxylic acids is 1. The molecule has 7 nitrogen and oxygen atoms in total. The molecule has 0 aliphatic carbocycles. The van der Waals surface area contributed by atoms with Gasteiger partial charge in [-0.15, -0.1) is 0 Å². The van der Waals surface area contributed by atoms with E-state index in [1.165, 1.54) is 25.3 Å². The molecule has 7 heteroatoms. The molecular weight excluding hydrogens is 372 g/mol. The Morgan fingerprint density at radius 2 is 1.76 bits per heavy atom. The Labute approximate surface area is 170 Å². The fraction of sp³-hybridized carbons (Fsp3) is 0.318. The Morgan fingerprint density at radius 3 is 2.34 bits per heavy atom. The van der Waals surface area contributed by atoms with E-state index in [4.69, 9.17) is 4.74 Å². The number of nitrogens with one attached hydrogen (secondary N) is 2. The van der Waals surface area contributed by atoms with E-state index >= 15 is 0 Å². The summed E-state index contributed by atoms with van der Waals surface area (Å²) in [5.41, 5.74) is 1.72. The number of carbonyl (C=O) groups is 3. The summed E-state index contributed by atoms with van der Waals surface area (Å²) in [7, 11) is 1.36. The Bertz CT molecular complexity index is 908. The van der Waals surface area contributed by atoms with E-state index in [1.807, 2.05) is 32.9 Å². The Hall–Kier alpha value is -3.35. The molecule has 2 amide bonds. The van der Waals surface area contributed by atoms with Gasteiger partial charge in [0.15, 0.2) is 0 Å². The first-order valence-electron chi connectivity index (χ1n) is 9.31. The number of ether oxygens (including phenoxy) is 1. The summed E-state index contributed by atoms with van der Waals surface area (Å²) in [6.45, 7) is 5.76. The average Bonchev–Trinajstić information content (AvgIpc) is 2.66. The summed E-state index contributed by atoms with van der Waals surface area (Å²) in [6, 6.07) is 10.7. The zero-order valence-electron chi connectivity index (χ0n) is 17.0. The molecule has 0 aromatic heterocycles. The molecule has 2 rings (SSSR count). The van der Waals surface area contributed by atoms with Crippen LogP contribution in [0.2, 0.25) is 0 Å². The van der Waals surface area contributed by atoms with Crippen molar-refractivity contribution in [1.82, 2.24) is 5.32 Å². The molecule has 0 bridgehead atoms. The molecule has 0 radical (unpaired) electrons. The van der Waals surface area contributed by atoms with E-state index < -0.39 is 12.0 Å². The molecule has 0 aliphatic rings. The van der Waals surface area contributed by atoms with Crippen LogP contribution in [0.4, 0.5) is 5.69 Å². The molecule has 29 heavy (non-hydrogen) atoms. The van der Waals surface area contributed by atoms with Crippen molar-refractivity contribution in [2.45, 2.75) is 33.2 Å². The van der Waals surface area contributed by atoms with Gasteiger partial charge in [-0.25, -0.2) is 4.79 Å². The fourth-order valence-electron chi connectivity index (χ4n) is 2.94. The van der Waals surface area contributed by atoms with Gasteiger partial charge in [0.05, 0.1) is 7.11 Å². The standard InChI is InChI=1S/C22H26N2O5/c1-13(2)11-18(24-20(25)16-8-6-5-7-14(16)3)21(26)23-15-9-10-17(22(27)28)19(12-15)29-4/h5-10,12-13,18H,11H2,1-4H3,(H,23,26)(H,24,25)(H,27,28). The maximum absolute atomic E-state index is 12.8. The van der Waals surface area contributed by atoms with Gasteiger partial charge >= 0.3 is 5.97 Å². The second-order valence-corrected chi connectivity index (χ2v) is 7.18. The topological polar surface area (TPSA) is 105 Å². The molecule has 1 atom stereocenters. The molecule has 3 N–H and O–H groups in total. The first-order chi connectivity index (χ1) is 13.7. The number of hydrogen-bond acceptors (Lipinski definition) is 4. The summed E-state index contributed by atoms with van der Waals surface area (Å²) in [5.74, 6) is -1.51. The van der Waals surface area contributed by atoms with E-state index in [1.54, 1.807) is 12.1 Å². The van der Waals surface area contributed by atoms with Crippen molar-refractivity contribution in [2.75, 3.05) is 12.4 Å². The molecule has 0 saturated heterocycles. The van der Waals surface area contributed by atoms with Gasteiger partial charge in [0.1, 0.15) is 17.4 Å². The molecule has 1 unspecified atom stereocenters. The number of aromatic carboxylic acids is 1. The quantitative estimate of drug-likeness (QED) is 0.631. The van der Waals surface area contributed by atoms with Gasteiger partial charge in [0.2, 0.25) is 5.91 Å². The first-order valence-corrected chi connectivity index (χ1v) is 9.31. The SMILES string of the molecule is COc1cc(NC(=O)C(CC(C)C)NC(=O)c2ccccc2C)ccc1C(=O)O. The number of carboxylic acid groups (broad SMARTS) is 1. The van der Waals surface area contributed by atoms with E-state index in [-0.39, 0.29) is 29.0 Å². The van der Waals surface area contributed by atoms with Crippen molar-refractivity contribution in [3.05, 3.63) is 59.2 Å². The number of rotatable bonds is 8. The minimum atomic E-state index is -1.12. The van der Waals surface area contributed by atoms with Crippen LogP contribution in [0, 0.1) is 12.8 Å². The second kappa shape index (κ2) is 9.73. The molecular formula is C22H26N2O5. The third-order valence-electron chi connectivity index (χ3n) is 4.42. The number of amides is 2. The van der Waals surface area contributed by atoms with Gasteiger partial charge in [-0.3, -0.25) is 9.59 Å². The summed E-state index contributed by atoms with van der Waals surface area (Å²) in [6.07, 6.45) is 0.452. The minimum Gasteiger partial charge on any atom is -0.496 e. The van der Waals surface area contributed by atoms with Crippen LogP contribution in [0.15, 0.2) is 42.5 Å². The van der Waals surface area contributed by atoms with E-state index in [0.29, 0.717) is 17.7 Å². The summed E-state index contributed by atoms with van der Waals surface area (Å²) >= 11 is 0. The molecule has 0 aliphatic heterocycles. The number of anilines is 1. The van der Waals surface area contributed by atoms with Crippen LogP contribution in [0.1, 0.15) is 46.5 Å². The highest BCUT2D eigenvalue weighted by atomic mass is 16.5. The largest absolute Gasteiger partial charge is 0.496 e. The molecule has 154 valence electrons. The highest BCUT2D eigenvalue weighted by molar-refractivity contribution is 6.02. The maximum Gasteiger partial charge on any atom is 0.339 e. The van der Waals surface area contributed by atoms with E-state index in [9.17, 15) is 19.5 Å². The van der Waals surface area contributed by atoms with E-state index in [0.717, 1.165) is 5.56 Å². The maximum atomic E-state index is 12.8. The van der Waals surface area contributed by atoms with Crippen LogP contribution >= 0.6 is 0 Å². The van der Waals surface area contributed by atoms with Crippen LogP contribution in [-0.4, -0.2) is 36.0 Å². The van der Waals surface area contributed by atoms with Gasteiger partial charge in [0.25, 0.3) is 5.91 Å². The third-order valence-corrected chi connectivity index (χ3v) is 4.42. The predicted molar refractivity (Wildman–Crippen MR) is 110 cm³/mol. The minimum absolute atomic E-state index is 0.00270.